The van der Waals surface area contributed by atoms with Crippen LogP contribution in [0.5, 0.6) is 0 Å². The largest absolute Gasteiger partial charge is 0.338 e. The van der Waals surface area contributed by atoms with Gasteiger partial charge in [-0.3, -0.25) is 4.79 Å². The summed E-state index contributed by atoms with van der Waals surface area (Å²) in [5.74, 6) is 0.387. The highest BCUT2D eigenvalue weighted by Crippen LogP contribution is 2.21. The van der Waals surface area contributed by atoms with Crippen molar-refractivity contribution in [2.75, 3.05) is 37.6 Å². The molecule has 1 aliphatic heterocycles. The Morgan fingerprint density at radius 2 is 1.55 bits per heavy atom. The number of carbonyl (C=O) groups is 1. The van der Waals surface area contributed by atoms with E-state index >= 15 is 0 Å². The van der Waals surface area contributed by atoms with Crippen molar-refractivity contribution in [1.29, 1.82) is 0 Å². The molecule has 4 rings (SSSR count). The Hall–Kier alpha value is -3.01. The average Bonchev–Trinajstić information content (AvgIpc) is 2.85. The molecule has 8 nitrogen and oxygen atoms in total. The molecule has 172 valence electrons. The Labute approximate surface area is 198 Å². The van der Waals surface area contributed by atoms with E-state index in [1.807, 2.05) is 35.2 Å². The summed E-state index contributed by atoms with van der Waals surface area (Å²) < 4.78 is 28.0. The van der Waals surface area contributed by atoms with E-state index in [4.69, 9.17) is 11.6 Å². The van der Waals surface area contributed by atoms with Crippen LogP contribution in [0.2, 0.25) is 5.02 Å². The van der Waals surface area contributed by atoms with Gasteiger partial charge in [-0.15, -0.1) is 0 Å². The quantitative estimate of drug-likeness (QED) is 0.511. The maximum Gasteiger partial charge on any atom is 0.243 e. The lowest BCUT2D eigenvalue weighted by molar-refractivity contribution is -0.131. The number of benzene rings is 2. The molecule has 0 N–H and O–H groups in total. The van der Waals surface area contributed by atoms with E-state index in [1.165, 1.54) is 28.6 Å². The molecule has 0 aliphatic carbocycles. The zero-order valence-corrected chi connectivity index (χ0v) is 19.5. The molecular formula is C23H24ClN5O3S. The molecule has 2 heterocycles. The second-order valence-electron chi connectivity index (χ2n) is 7.63. The van der Waals surface area contributed by atoms with Crippen LogP contribution in [-0.2, 0) is 21.4 Å². The number of sulfonamides is 1. The summed E-state index contributed by atoms with van der Waals surface area (Å²) in [7, 11) is -3.91. The van der Waals surface area contributed by atoms with Crippen molar-refractivity contribution >= 4 is 33.5 Å². The maximum absolute atomic E-state index is 13.4. The maximum atomic E-state index is 13.4. The molecule has 0 spiro atoms. The van der Waals surface area contributed by atoms with E-state index in [9.17, 15) is 13.2 Å². The van der Waals surface area contributed by atoms with Gasteiger partial charge in [0.15, 0.2) is 0 Å². The number of aromatic nitrogens is 2. The van der Waals surface area contributed by atoms with Crippen LogP contribution < -0.4 is 4.90 Å². The molecule has 33 heavy (non-hydrogen) atoms. The van der Waals surface area contributed by atoms with Gasteiger partial charge in [0.25, 0.3) is 0 Å². The molecule has 0 atom stereocenters. The van der Waals surface area contributed by atoms with Crippen molar-refractivity contribution < 1.29 is 13.2 Å². The molecular weight excluding hydrogens is 462 g/mol. The molecule has 1 fully saturated rings. The van der Waals surface area contributed by atoms with Crippen LogP contribution in [0.15, 0.2) is 78.0 Å². The first-order chi connectivity index (χ1) is 15.9. The number of amides is 1. The molecule has 0 bridgehead atoms. The molecule has 1 aromatic heterocycles. The molecule has 0 radical (unpaired) electrons. The second-order valence-corrected chi connectivity index (χ2v) is 10.0. The minimum atomic E-state index is -3.91. The fourth-order valence-electron chi connectivity index (χ4n) is 3.63. The monoisotopic (exact) mass is 485 g/mol. The minimum Gasteiger partial charge on any atom is -0.338 e. The van der Waals surface area contributed by atoms with Gasteiger partial charge in [0, 0.05) is 50.1 Å². The summed E-state index contributed by atoms with van der Waals surface area (Å²) >= 11 is 5.93. The van der Waals surface area contributed by atoms with Gasteiger partial charge in [0.05, 0.1) is 11.4 Å². The van der Waals surface area contributed by atoms with E-state index in [1.54, 1.807) is 23.4 Å². The van der Waals surface area contributed by atoms with Gasteiger partial charge in [-0.25, -0.2) is 18.4 Å². The molecule has 0 unspecified atom stereocenters. The molecule has 1 amide bonds. The Bertz CT molecular complexity index is 1170. The number of nitrogens with zero attached hydrogens (tertiary/aromatic N) is 5. The lowest BCUT2D eigenvalue weighted by Gasteiger charge is -2.35. The van der Waals surface area contributed by atoms with Crippen molar-refractivity contribution in [1.82, 2.24) is 19.2 Å². The highest BCUT2D eigenvalue weighted by Gasteiger charge is 2.30. The molecule has 10 heteroatoms. The van der Waals surface area contributed by atoms with Crippen LogP contribution in [0.4, 0.5) is 5.95 Å². The standard InChI is InChI=1S/C23H24ClN5O3S/c24-20-7-9-21(10-8-20)33(31,32)29(17-19-5-2-1-3-6-19)18-22(30)27-13-15-28(16-14-27)23-25-11-4-12-26-23/h1-12H,13-18H2. The molecule has 2 aromatic carbocycles. The zero-order valence-electron chi connectivity index (χ0n) is 17.9. The van der Waals surface area contributed by atoms with Crippen molar-refractivity contribution in [2.24, 2.45) is 0 Å². The van der Waals surface area contributed by atoms with Gasteiger partial charge in [-0.05, 0) is 35.9 Å². The van der Waals surface area contributed by atoms with Gasteiger partial charge < -0.3 is 9.80 Å². The molecule has 0 saturated carbocycles. The fourth-order valence-corrected chi connectivity index (χ4v) is 5.13. The van der Waals surface area contributed by atoms with Crippen molar-refractivity contribution in [3.05, 3.63) is 83.6 Å². The summed E-state index contributed by atoms with van der Waals surface area (Å²) in [4.78, 5) is 25.4. The first kappa shape index (κ1) is 23.2. The summed E-state index contributed by atoms with van der Waals surface area (Å²) in [6, 6.07) is 17.0. The summed E-state index contributed by atoms with van der Waals surface area (Å²) in [5.41, 5.74) is 0.800. The zero-order chi connectivity index (χ0) is 23.3. The SMILES string of the molecule is O=C(CN(Cc1ccccc1)S(=O)(=O)c1ccc(Cl)cc1)N1CCN(c2ncccn2)CC1. The smallest absolute Gasteiger partial charge is 0.243 e. The highest BCUT2D eigenvalue weighted by atomic mass is 35.5. The van der Waals surface area contributed by atoms with Gasteiger partial charge in [0.1, 0.15) is 0 Å². The first-order valence-corrected chi connectivity index (χ1v) is 12.3. The lowest BCUT2D eigenvalue weighted by Crippen LogP contribution is -2.52. The fraction of sp³-hybridized carbons (Fsp3) is 0.261. The van der Waals surface area contributed by atoms with Crippen LogP contribution in [0, 0.1) is 0 Å². The van der Waals surface area contributed by atoms with Gasteiger partial charge in [-0.2, -0.15) is 4.31 Å². The van der Waals surface area contributed by atoms with E-state index in [0.717, 1.165) is 5.56 Å². The van der Waals surface area contributed by atoms with Gasteiger partial charge in [0.2, 0.25) is 21.9 Å². The Kier molecular flexibility index (Phi) is 7.22. The first-order valence-electron chi connectivity index (χ1n) is 10.5. The topological polar surface area (TPSA) is 86.7 Å². The van der Waals surface area contributed by atoms with Crippen molar-refractivity contribution in [3.8, 4) is 0 Å². The third-order valence-corrected chi connectivity index (χ3v) is 7.49. The van der Waals surface area contributed by atoms with Crippen LogP contribution in [-0.4, -0.2) is 66.2 Å². The summed E-state index contributed by atoms with van der Waals surface area (Å²) in [5, 5.41) is 0.444. The Morgan fingerprint density at radius 1 is 0.909 bits per heavy atom. The highest BCUT2D eigenvalue weighted by molar-refractivity contribution is 7.89. The van der Waals surface area contributed by atoms with Crippen LogP contribution in [0.3, 0.4) is 0 Å². The number of rotatable bonds is 7. The molecule has 3 aromatic rings. The Morgan fingerprint density at radius 3 is 2.18 bits per heavy atom. The van der Waals surface area contributed by atoms with Crippen molar-refractivity contribution in [3.63, 3.8) is 0 Å². The number of anilines is 1. The van der Waals surface area contributed by atoms with Crippen molar-refractivity contribution in [2.45, 2.75) is 11.4 Å². The van der Waals surface area contributed by atoms with Crippen LogP contribution in [0.1, 0.15) is 5.56 Å². The minimum absolute atomic E-state index is 0.0926. The third kappa shape index (κ3) is 5.68. The van der Waals surface area contributed by atoms with E-state index < -0.39 is 10.0 Å². The number of piperazine rings is 1. The van der Waals surface area contributed by atoms with Gasteiger partial charge >= 0.3 is 0 Å². The van der Waals surface area contributed by atoms with Crippen LogP contribution in [0.25, 0.3) is 0 Å². The predicted octanol–water partition coefficient (Wildman–Crippen LogP) is 2.67. The number of carbonyl (C=O) groups excluding carboxylic acids is 1. The number of halogens is 1. The normalized spacial score (nSPS) is 14.5. The van der Waals surface area contributed by atoms with E-state index in [-0.39, 0.29) is 23.9 Å². The average molecular weight is 486 g/mol. The number of hydrogen-bond donors (Lipinski definition) is 0. The Balaban J connectivity index is 1.49. The van der Waals surface area contributed by atoms with Gasteiger partial charge in [-0.1, -0.05) is 41.9 Å². The lowest BCUT2D eigenvalue weighted by atomic mass is 10.2. The van der Waals surface area contributed by atoms with E-state index in [2.05, 4.69) is 9.97 Å². The van der Waals surface area contributed by atoms with Crippen LogP contribution >= 0.6 is 11.6 Å². The summed E-state index contributed by atoms with van der Waals surface area (Å²) in [6.07, 6.45) is 3.37. The van der Waals surface area contributed by atoms with E-state index in [0.29, 0.717) is 37.1 Å². The molecule has 1 saturated heterocycles. The third-order valence-electron chi connectivity index (χ3n) is 5.43. The molecule has 1 aliphatic rings. The predicted molar refractivity (Wildman–Crippen MR) is 126 cm³/mol. The number of hydrogen-bond acceptors (Lipinski definition) is 6. The second kappa shape index (κ2) is 10.3. The summed E-state index contributed by atoms with van der Waals surface area (Å²) in [6.45, 7) is 1.95.